The molecule has 1 aliphatic carbocycles. The van der Waals surface area contributed by atoms with Crippen LogP contribution in [0.25, 0.3) is 0 Å². The standard InChI is InChI=1S/C14H18ClF3N2/c15-12-8-20-6-5-9(12)7-13(19)10-3-1-2-4-11(10)14(16,17)18/h5-6,8,10-11,13H,1-4,7,19H2. The minimum atomic E-state index is -4.16. The lowest BCUT2D eigenvalue weighted by Crippen LogP contribution is -2.44. The van der Waals surface area contributed by atoms with Gasteiger partial charge in [-0.15, -0.1) is 0 Å². The Morgan fingerprint density at radius 1 is 1.35 bits per heavy atom. The summed E-state index contributed by atoms with van der Waals surface area (Å²) in [7, 11) is 0. The molecule has 2 nitrogen and oxygen atoms in total. The topological polar surface area (TPSA) is 38.9 Å². The first-order valence-electron chi connectivity index (χ1n) is 6.80. The van der Waals surface area contributed by atoms with Crippen LogP contribution in [0.2, 0.25) is 5.02 Å². The lowest BCUT2D eigenvalue weighted by Gasteiger charge is -2.36. The molecule has 3 atom stereocenters. The van der Waals surface area contributed by atoms with Gasteiger partial charge in [0.25, 0.3) is 0 Å². The molecule has 0 bridgehead atoms. The summed E-state index contributed by atoms with van der Waals surface area (Å²) in [5, 5.41) is 0.460. The average Bonchev–Trinajstić information content (AvgIpc) is 2.40. The third-order valence-corrected chi connectivity index (χ3v) is 4.44. The quantitative estimate of drug-likeness (QED) is 0.917. The molecule has 2 rings (SSSR count). The van der Waals surface area contributed by atoms with E-state index in [1.807, 2.05) is 0 Å². The summed E-state index contributed by atoms with van der Waals surface area (Å²) in [4.78, 5) is 3.87. The summed E-state index contributed by atoms with van der Waals surface area (Å²) in [6, 6.07) is 1.19. The van der Waals surface area contributed by atoms with Gasteiger partial charge in [0.15, 0.2) is 0 Å². The van der Waals surface area contributed by atoms with E-state index >= 15 is 0 Å². The van der Waals surface area contributed by atoms with Gasteiger partial charge in [0.2, 0.25) is 0 Å². The first kappa shape index (κ1) is 15.6. The number of nitrogens with two attached hydrogens (primary N) is 1. The molecule has 0 amide bonds. The minimum absolute atomic E-state index is 0.186. The van der Waals surface area contributed by atoms with Gasteiger partial charge in [-0.2, -0.15) is 13.2 Å². The van der Waals surface area contributed by atoms with Crippen molar-refractivity contribution in [1.29, 1.82) is 0 Å². The minimum Gasteiger partial charge on any atom is -0.327 e. The van der Waals surface area contributed by atoms with Crippen LogP contribution in [0.4, 0.5) is 13.2 Å². The van der Waals surface area contributed by atoms with Crippen molar-refractivity contribution < 1.29 is 13.2 Å². The number of rotatable bonds is 3. The van der Waals surface area contributed by atoms with Gasteiger partial charge < -0.3 is 5.73 Å². The maximum absolute atomic E-state index is 13.1. The van der Waals surface area contributed by atoms with Gasteiger partial charge in [-0.3, -0.25) is 4.98 Å². The predicted octanol–water partition coefficient (Wildman–Crippen LogP) is 3.97. The Bertz CT molecular complexity index is 450. The summed E-state index contributed by atoms with van der Waals surface area (Å²) in [5.74, 6) is -1.81. The fourth-order valence-electron chi connectivity index (χ4n) is 3.05. The fraction of sp³-hybridized carbons (Fsp3) is 0.643. The summed E-state index contributed by atoms with van der Waals surface area (Å²) in [5.41, 5.74) is 6.82. The maximum atomic E-state index is 13.1. The molecule has 1 saturated carbocycles. The molecular formula is C14H18ClF3N2. The molecule has 0 spiro atoms. The molecule has 0 aliphatic heterocycles. The molecule has 3 unspecified atom stereocenters. The van der Waals surface area contributed by atoms with Crippen molar-refractivity contribution in [1.82, 2.24) is 4.98 Å². The highest BCUT2D eigenvalue weighted by Crippen LogP contribution is 2.43. The molecule has 0 radical (unpaired) electrons. The van der Waals surface area contributed by atoms with E-state index in [1.165, 1.54) is 6.20 Å². The van der Waals surface area contributed by atoms with Gasteiger partial charge in [-0.1, -0.05) is 24.4 Å². The van der Waals surface area contributed by atoms with Crippen molar-refractivity contribution in [2.75, 3.05) is 0 Å². The molecule has 6 heteroatoms. The predicted molar refractivity (Wildman–Crippen MR) is 72.4 cm³/mol. The van der Waals surface area contributed by atoms with Crippen LogP contribution in [-0.4, -0.2) is 17.2 Å². The Morgan fingerprint density at radius 2 is 2.05 bits per heavy atom. The smallest absolute Gasteiger partial charge is 0.327 e. The van der Waals surface area contributed by atoms with E-state index < -0.39 is 24.1 Å². The third-order valence-electron chi connectivity index (χ3n) is 4.10. The van der Waals surface area contributed by atoms with Crippen molar-refractivity contribution >= 4 is 11.6 Å². The van der Waals surface area contributed by atoms with Crippen LogP contribution in [0.15, 0.2) is 18.5 Å². The number of hydrogen-bond donors (Lipinski definition) is 1. The van der Waals surface area contributed by atoms with Crippen molar-refractivity contribution in [3.63, 3.8) is 0 Å². The van der Waals surface area contributed by atoms with Crippen LogP contribution in [-0.2, 0) is 6.42 Å². The Morgan fingerprint density at radius 3 is 2.70 bits per heavy atom. The van der Waals surface area contributed by atoms with Gasteiger partial charge in [-0.25, -0.2) is 0 Å². The molecular weight excluding hydrogens is 289 g/mol. The fourth-order valence-corrected chi connectivity index (χ4v) is 3.25. The highest BCUT2D eigenvalue weighted by Gasteiger charge is 2.47. The molecule has 112 valence electrons. The largest absolute Gasteiger partial charge is 0.392 e. The lowest BCUT2D eigenvalue weighted by atomic mass is 9.73. The van der Waals surface area contributed by atoms with Crippen LogP contribution in [0.1, 0.15) is 31.2 Å². The zero-order valence-corrected chi connectivity index (χ0v) is 11.8. The second-order valence-corrected chi connectivity index (χ2v) is 5.84. The SMILES string of the molecule is NC(Cc1ccncc1Cl)C1CCCCC1C(F)(F)F. The Balaban J connectivity index is 2.10. The van der Waals surface area contributed by atoms with Gasteiger partial charge in [-0.05, 0) is 36.8 Å². The van der Waals surface area contributed by atoms with Crippen LogP contribution in [0, 0.1) is 11.8 Å². The number of hydrogen-bond acceptors (Lipinski definition) is 2. The first-order valence-corrected chi connectivity index (χ1v) is 7.18. The van der Waals surface area contributed by atoms with E-state index in [0.717, 1.165) is 12.0 Å². The third kappa shape index (κ3) is 3.64. The molecule has 20 heavy (non-hydrogen) atoms. The van der Waals surface area contributed by atoms with Crippen molar-refractivity contribution in [2.45, 2.75) is 44.3 Å². The van der Waals surface area contributed by atoms with Gasteiger partial charge >= 0.3 is 6.18 Å². The zero-order valence-electron chi connectivity index (χ0n) is 11.0. The van der Waals surface area contributed by atoms with Crippen molar-refractivity contribution in [3.8, 4) is 0 Å². The summed E-state index contributed by atoms with van der Waals surface area (Å²) in [6.45, 7) is 0. The highest BCUT2D eigenvalue weighted by molar-refractivity contribution is 6.31. The number of nitrogens with zero attached hydrogens (tertiary/aromatic N) is 1. The molecule has 1 aliphatic rings. The Hall–Kier alpha value is -0.810. The lowest BCUT2D eigenvalue weighted by molar-refractivity contribution is -0.198. The van der Waals surface area contributed by atoms with Crippen molar-refractivity contribution in [3.05, 3.63) is 29.0 Å². The Labute approximate surface area is 121 Å². The van der Waals surface area contributed by atoms with E-state index in [-0.39, 0.29) is 6.42 Å². The maximum Gasteiger partial charge on any atom is 0.392 e. The number of aromatic nitrogens is 1. The highest BCUT2D eigenvalue weighted by atomic mass is 35.5. The van der Waals surface area contributed by atoms with E-state index in [2.05, 4.69) is 4.98 Å². The normalized spacial score (nSPS) is 25.4. The summed E-state index contributed by atoms with van der Waals surface area (Å²) in [6.07, 6.45) is 1.43. The molecule has 1 fully saturated rings. The van der Waals surface area contributed by atoms with Crippen LogP contribution < -0.4 is 5.73 Å². The van der Waals surface area contributed by atoms with Gasteiger partial charge in [0.05, 0.1) is 10.9 Å². The average molecular weight is 307 g/mol. The molecule has 0 saturated heterocycles. The van der Waals surface area contributed by atoms with E-state index in [9.17, 15) is 13.2 Å². The summed E-state index contributed by atoms with van der Waals surface area (Å²) < 4.78 is 39.2. The monoisotopic (exact) mass is 306 g/mol. The van der Waals surface area contributed by atoms with Crippen LogP contribution in [0.5, 0.6) is 0 Å². The van der Waals surface area contributed by atoms with Crippen LogP contribution >= 0.6 is 11.6 Å². The van der Waals surface area contributed by atoms with Crippen LogP contribution in [0.3, 0.4) is 0 Å². The molecule has 1 aromatic rings. The Kier molecular flexibility index (Phi) is 4.91. The number of halogens is 4. The molecule has 1 heterocycles. The molecule has 1 aromatic heterocycles. The van der Waals surface area contributed by atoms with Gasteiger partial charge in [0, 0.05) is 18.4 Å². The first-order chi connectivity index (χ1) is 9.39. The molecule has 0 aromatic carbocycles. The van der Waals surface area contributed by atoms with Crippen molar-refractivity contribution in [2.24, 2.45) is 17.6 Å². The van der Waals surface area contributed by atoms with E-state index in [0.29, 0.717) is 24.3 Å². The summed E-state index contributed by atoms with van der Waals surface area (Å²) >= 11 is 5.99. The zero-order chi connectivity index (χ0) is 14.8. The van der Waals surface area contributed by atoms with Gasteiger partial charge in [0.1, 0.15) is 0 Å². The number of alkyl halides is 3. The molecule has 2 N–H and O–H groups in total. The second-order valence-electron chi connectivity index (χ2n) is 5.43. The van der Waals surface area contributed by atoms with E-state index in [1.54, 1.807) is 12.3 Å². The second kappa shape index (κ2) is 6.31. The van der Waals surface area contributed by atoms with E-state index in [4.69, 9.17) is 17.3 Å². The number of pyridine rings is 1.